The van der Waals surface area contributed by atoms with Gasteiger partial charge in [0.1, 0.15) is 10.7 Å². The van der Waals surface area contributed by atoms with E-state index in [9.17, 15) is 4.79 Å². The van der Waals surface area contributed by atoms with Crippen LogP contribution in [0.4, 0.5) is 10.8 Å². The Balaban J connectivity index is 1.68. The highest BCUT2D eigenvalue weighted by Crippen LogP contribution is 2.23. The molecule has 0 bridgehead atoms. The minimum atomic E-state index is -0.0228. The van der Waals surface area contributed by atoms with Gasteiger partial charge in [0.15, 0.2) is 10.9 Å². The van der Waals surface area contributed by atoms with Crippen molar-refractivity contribution in [1.29, 1.82) is 0 Å². The first-order chi connectivity index (χ1) is 10.2. The summed E-state index contributed by atoms with van der Waals surface area (Å²) in [6.45, 7) is 0. The largest absolute Gasteiger partial charge is 0.332 e. The average molecular weight is 336 g/mol. The van der Waals surface area contributed by atoms with E-state index < -0.39 is 0 Å². The van der Waals surface area contributed by atoms with E-state index in [2.05, 4.69) is 15.3 Å². The number of carbonyl (C=O) groups is 1. The van der Waals surface area contributed by atoms with E-state index in [1.807, 2.05) is 17.5 Å². The number of nitrogens with zero attached hydrogens (tertiary/aromatic N) is 2. The molecule has 106 valence electrons. The monoisotopic (exact) mass is 335 g/mol. The number of benzene rings is 1. The summed E-state index contributed by atoms with van der Waals surface area (Å²) in [5.74, 6) is -0.0228. The molecule has 21 heavy (non-hydrogen) atoms. The van der Waals surface area contributed by atoms with Crippen molar-refractivity contribution in [3.05, 3.63) is 56.9 Å². The Morgan fingerprint density at radius 3 is 2.76 bits per heavy atom. The van der Waals surface area contributed by atoms with E-state index in [0.717, 1.165) is 10.7 Å². The fourth-order valence-electron chi connectivity index (χ4n) is 1.68. The maximum Gasteiger partial charge on any atom is 0.188 e. The van der Waals surface area contributed by atoms with Crippen LogP contribution in [0.2, 0.25) is 5.02 Å². The van der Waals surface area contributed by atoms with Crippen LogP contribution in [0, 0.1) is 0 Å². The van der Waals surface area contributed by atoms with Gasteiger partial charge in [-0.05, 0) is 24.3 Å². The second-order valence-corrected chi connectivity index (χ2v) is 6.47. The smallest absolute Gasteiger partial charge is 0.188 e. The minimum absolute atomic E-state index is 0.0228. The van der Waals surface area contributed by atoms with Crippen LogP contribution in [-0.4, -0.2) is 15.8 Å². The first kappa shape index (κ1) is 14.2. The van der Waals surface area contributed by atoms with Crippen LogP contribution in [0.15, 0.2) is 41.2 Å². The molecule has 1 aromatic carbocycles. The molecule has 0 aliphatic rings. The highest BCUT2D eigenvalue weighted by Gasteiger charge is 2.13. The number of rotatable bonds is 5. The fraction of sp³-hybridized carbons (Fsp3) is 0.0714. The summed E-state index contributed by atoms with van der Waals surface area (Å²) in [6.07, 6.45) is 1.99. The third kappa shape index (κ3) is 3.66. The summed E-state index contributed by atoms with van der Waals surface area (Å²) in [5, 5.41) is 8.93. The molecule has 7 heteroatoms. The van der Waals surface area contributed by atoms with Crippen molar-refractivity contribution in [1.82, 2.24) is 9.97 Å². The molecule has 0 aliphatic carbocycles. The van der Waals surface area contributed by atoms with Gasteiger partial charge >= 0.3 is 0 Å². The predicted molar refractivity (Wildman–Crippen MR) is 87.0 cm³/mol. The summed E-state index contributed by atoms with van der Waals surface area (Å²) < 4.78 is 0. The van der Waals surface area contributed by atoms with Gasteiger partial charge in [-0.25, -0.2) is 9.97 Å². The van der Waals surface area contributed by atoms with Gasteiger partial charge in [-0.2, -0.15) is 0 Å². The zero-order chi connectivity index (χ0) is 14.7. The Labute approximate surface area is 134 Å². The van der Waals surface area contributed by atoms with Crippen LogP contribution in [-0.2, 0) is 6.42 Å². The summed E-state index contributed by atoms with van der Waals surface area (Å²) in [5.41, 5.74) is 1.35. The van der Waals surface area contributed by atoms with Gasteiger partial charge in [0.2, 0.25) is 0 Å². The van der Waals surface area contributed by atoms with Crippen molar-refractivity contribution >= 4 is 50.9 Å². The zero-order valence-corrected chi connectivity index (χ0v) is 13.1. The number of hydrogen-bond acceptors (Lipinski definition) is 6. The summed E-state index contributed by atoms with van der Waals surface area (Å²) in [7, 11) is 0. The first-order valence-corrected chi connectivity index (χ1v) is 8.24. The molecule has 0 amide bonds. The van der Waals surface area contributed by atoms with Crippen LogP contribution in [0.5, 0.6) is 0 Å². The van der Waals surface area contributed by atoms with Gasteiger partial charge in [-0.1, -0.05) is 11.6 Å². The van der Waals surface area contributed by atoms with Crippen LogP contribution >= 0.6 is 34.3 Å². The van der Waals surface area contributed by atoms with Gasteiger partial charge < -0.3 is 5.32 Å². The van der Waals surface area contributed by atoms with Gasteiger partial charge in [-0.3, -0.25) is 4.79 Å². The molecular formula is C14H10ClN3OS2. The van der Waals surface area contributed by atoms with Crippen molar-refractivity contribution in [2.45, 2.75) is 6.42 Å². The lowest BCUT2D eigenvalue weighted by atomic mass is 10.2. The van der Waals surface area contributed by atoms with E-state index in [-0.39, 0.29) is 5.78 Å². The van der Waals surface area contributed by atoms with Crippen molar-refractivity contribution in [3.63, 3.8) is 0 Å². The molecule has 0 spiro atoms. The summed E-state index contributed by atoms with van der Waals surface area (Å²) >= 11 is 8.71. The third-order valence-corrected chi connectivity index (χ3v) is 4.47. The standard InChI is InChI=1S/C14H10ClN3OS2/c15-9-1-3-10(4-2-9)17-14-18-11(8-21-14)12(19)7-13-16-5-6-20-13/h1-6,8H,7H2,(H,17,18). The highest BCUT2D eigenvalue weighted by atomic mass is 35.5. The normalized spacial score (nSPS) is 10.5. The predicted octanol–water partition coefficient (Wildman–Crippen LogP) is 4.42. The molecular weight excluding hydrogens is 326 g/mol. The van der Waals surface area contributed by atoms with Gasteiger partial charge in [0.25, 0.3) is 0 Å². The van der Waals surface area contributed by atoms with Crippen LogP contribution in [0.3, 0.4) is 0 Å². The van der Waals surface area contributed by atoms with E-state index in [1.165, 1.54) is 22.7 Å². The Morgan fingerprint density at radius 2 is 2.05 bits per heavy atom. The van der Waals surface area contributed by atoms with Crippen LogP contribution in [0.25, 0.3) is 0 Å². The molecule has 0 unspecified atom stereocenters. The summed E-state index contributed by atoms with van der Waals surface area (Å²) in [4.78, 5) is 20.5. The molecule has 3 aromatic rings. The van der Waals surface area contributed by atoms with Crippen molar-refractivity contribution in [2.75, 3.05) is 5.32 Å². The number of hydrogen-bond donors (Lipinski definition) is 1. The molecule has 0 radical (unpaired) electrons. The minimum Gasteiger partial charge on any atom is -0.332 e. The Bertz CT molecular complexity index is 738. The highest BCUT2D eigenvalue weighted by molar-refractivity contribution is 7.14. The van der Waals surface area contributed by atoms with Crippen LogP contribution in [0.1, 0.15) is 15.5 Å². The number of Topliss-reactive ketones (excluding diaryl/α,β-unsaturated/α-hetero) is 1. The fourth-order valence-corrected chi connectivity index (χ4v) is 3.16. The number of ketones is 1. The molecule has 0 saturated carbocycles. The maximum absolute atomic E-state index is 12.1. The van der Waals surface area contributed by atoms with Crippen LogP contribution < -0.4 is 5.32 Å². The van der Waals surface area contributed by atoms with E-state index in [1.54, 1.807) is 23.7 Å². The first-order valence-electron chi connectivity index (χ1n) is 6.10. The molecule has 2 aromatic heterocycles. The van der Waals surface area contributed by atoms with Crippen molar-refractivity contribution in [2.24, 2.45) is 0 Å². The van der Waals surface area contributed by atoms with E-state index >= 15 is 0 Å². The molecule has 3 rings (SSSR count). The van der Waals surface area contributed by atoms with Crippen molar-refractivity contribution < 1.29 is 4.79 Å². The number of nitrogens with one attached hydrogen (secondary N) is 1. The van der Waals surface area contributed by atoms with Gasteiger partial charge in [0, 0.05) is 27.7 Å². The van der Waals surface area contributed by atoms with E-state index in [0.29, 0.717) is 22.3 Å². The average Bonchev–Trinajstić information content (AvgIpc) is 3.13. The molecule has 0 saturated heterocycles. The van der Waals surface area contributed by atoms with E-state index in [4.69, 9.17) is 11.6 Å². The van der Waals surface area contributed by atoms with Gasteiger partial charge in [-0.15, -0.1) is 22.7 Å². The Hall–Kier alpha value is -1.76. The van der Waals surface area contributed by atoms with Crippen molar-refractivity contribution in [3.8, 4) is 0 Å². The molecule has 2 heterocycles. The molecule has 1 N–H and O–H groups in total. The second-order valence-electron chi connectivity index (χ2n) is 4.20. The number of aromatic nitrogens is 2. The second kappa shape index (κ2) is 6.34. The quantitative estimate of drug-likeness (QED) is 0.701. The Morgan fingerprint density at radius 1 is 1.24 bits per heavy atom. The lowest BCUT2D eigenvalue weighted by Gasteiger charge is -2.01. The van der Waals surface area contributed by atoms with Gasteiger partial charge in [0.05, 0.1) is 6.42 Å². The maximum atomic E-state index is 12.1. The lowest BCUT2D eigenvalue weighted by molar-refractivity contribution is 0.0989. The molecule has 0 fully saturated rings. The zero-order valence-electron chi connectivity index (χ0n) is 10.7. The number of halogens is 1. The molecule has 0 atom stereocenters. The number of anilines is 2. The topological polar surface area (TPSA) is 54.9 Å². The molecule has 0 aliphatic heterocycles. The number of thiazole rings is 2. The lowest BCUT2D eigenvalue weighted by Crippen LogP contribution is -2.03. The third-order valence-electron chi connectivity index (χ3n) is 2.68. The summed E-state index contributed by atoms with van der Waals surface area (Å²) in [6, 6.07) is 7.32. The number of carbonyl (C=O) groups excluding carboxylic acids is 1. The Kier molecular flexibility index (Phi) is 4.28. The molecule has 4 nitrogen and oxygen atoms in total. The SMILES string of the molecule is O=C(Cc1nccs1)c1csc(Nc2ccc(Cl)cc2)n1.